The number of nitro benzene ring substituents is 1. The van der Waals surface area contributed by atoms with E-state index in [1.54, 1.807) is 24.3 Å². The molecule has 150 valence electrons. The van der Waals surface area contributed by atoms with E-state index in [0.717, 1.165) is 6.07 Å². The van der Waals surface area contributed by atoms with Gasteiger partial charge in [-0.15, -0.1) is 0 Å². The van der Waals surface area contributed by atoms with Gasteiger partial charge in [0.15, 0.2) is 5.78 Å². The van der Waals surface area contributed by atoms with E-state index in [1.807, 2.05) is 13.8 Å². The second-order valence-corrected chi connectivity index (χ2v) is 7.72. The Morgan fingerprint density at radius 2 is 1.86 bits per heavy atom. The summed E-state index contributed by atoms with van der Waals surface area (Å²) in [7, 11) is 0. The highest BCUT2D eigenvalue weighted by molar-refractivity contribution is 6.35. The van der Waals surface area contributed by atoms with Crippen LogP contribution in [0.15, 0.2) is 41.2 Å². The Labute approximate surface area is 175 Å². The predicted molar refractivity (Wildman–Crippen MR) is 115 cm³/mol. The van der Waals surface area contributed by atoms with Crippen molar-refractivity contribution in [3.8, 4) is 0 Å². The van der Waals surface area contributed by atoms with Gasteiger partial charge in [-0.05, 0) is 24.1 Å². The zero-order valence-corrected chi connectivity index (χ0v) is 17.1. The molecular formula is C20H17Cl2N3O4. The molecule has 29 heavy (non-hydrogen) atoms. The Bertz CT molecular complexity index is 1190. The van der Waals surface area contributed by atoms with Crippen molar-refractivity contribution in [3.63, 3.8) is 0 Å². The largest absolute Gasteiger partial charge is 0.340 e. The fourth-order valence-electron chi connectivity index (χ4n) is 3.03. The van der Waals surface area contributed by atoms with Crippen LogP contribution in [0.1, 0.15) is 30.6 Å². The number of carbonyl (C=O) groups excluding carboxylic acids is 1. The van der Waals surface area contributed by atoms with Gasteiger partial charge in [0.05, 0.1) is 26.2 Å². The van der Waals surface area contributed by atoms with Crippen molar-refractivity contribution in [1.82, 2.24) is 4.98 Å². The van der Waals surface area contributed by atoms with Crippen molar-refractivity contribution in [2.75, 3.05) is 5.32 Å². The molecule has 0 bridgehead atoms. The van der Waals surface area contributed by atoms with Crippen LogP contribution >= 0.6 is 23.2 Å². The van der Waals surface area contributed by atoms with Crippen LogP contribution in [0.2, 0.25) is 10.0 Å². The Hall–Kier alpha value is -2.90. The number of fused-ring (bicyclic) bond motifs is 1. The molecule has 0 unspecified atom stereocenters. The summed E-state index contributed by atoms with van der Waals surface area (Å²) in [4.78, 5) is 39.8. The molecule has 3 rings (SSSR count). The van der Waals surface area contributed by atoms with Crippen LogP contribution in [0.3, 0.4) is 0 Å². The molecule has 1 aromatic heterocycles. The SMILES string of the molecule is CC(C)CC(=O)c1c(Nc2ccccc2Cl)[nH]c2c(Cl)ccc([N+](=O)[O-])c2c1=O. The molecule has 0 aliphatic heterocycles. The van der Waals surface area contributed by atoms with Crippen LogP contribution in [0, 0.1) is 16.0 Å². The van der Waals surface area contributed by atoms with Gasteiger partial charge in [-0.25, -0.2) is 0 Å². The summed E-state index contributed by atoms with van der Waals surface area (Å²) in [5, 5.41) is 14.7. The lowest BCUT2D eigenvalue weighted by Crippen LogP contribution is -2.21. The summed E-state index contributed by atoms with van der Waals surface area (Å²) in [6, 6.07) is 9.28. The highest BCUT2D eigenvalue weighted by atomic mass is 35.5. The number of aromatic amines is 1. The Kier molecular flexibility index (Phi) is 5.91. The molecule has 7 nitrogen and oxygen atoms in total. The average molecular weight is 434 g/mol. The lowest BCUT2D eigenvalue weighted by molar-refractivity contribution is -0.383. The van der Waals surface area contributed by atoms with Crippen molar-refractivity contribution in [1.29, 1.82) is 0 Å². The third kappa shape index (κ3) is 4.11. The summed E-state index contributed by atoms with van der Waals surface area (Å²) in [6.07, 6.45) is 0.0974. The number of rotatable bonds is 6. The molecule has 0 atom stereocenters. The number of hydrogen-bond donors (Lipinski definition) is 2. The normalized spacial score (nSPS) is 11.1. The number of nitro groups is 1. The monoisotopic (exact) mass is 433 g/mol. The second kappa shape index (κ2) is 8.23. The summed E-state index contributed by atoms with van der Waals surface area (Å²) in [5.41, 5.74) is -0.844. The third-order valence-electron chi connectivity index (χ3n) is 4.29. The molecule has 2 N–H and O–H groups in total. The van der Waals surface area contributed by atoms with Crippen LogP contribution in [0.5, 0.6) is 0 Å². The van der Waals surface area contributed by atoms with E-state index in [-0.39, 0.29) is 39.6 Å². The quantitative estimate of drug-likeness (QED) is 0.294. The second-order valence-electron chi connectivity index (χ2n) is 6.90. The molecule has 0 spiro atoms. The average Bonchev–Trinajstić information content (AvgIpc) is 2.63. The number of ketones is 1. The molecule has 0 saturated heterocycles. The van der Waals surface area contributed by atoms with E-state index in [2.05, 4.69) is 10.3 Å². The minimum Gasteiger partial charge on any atom is -0.340 e. The fraction of sp³-hybridized carbons (Fsp3) is 0.200. The van der Waals surface area contributed by atoms with Crippen molar-refractivity contribution in [2.24, 2.45) is 5.92 Å². The van der Waals surface area contributed by atoms with E-state index in [4.69, 9.17) is 23.2 Å². The molecule has 0 aliphatic carbocycles. The standard InChI is InChI=1S/C20H17Cl2N3O4/c1-10(2)9-15(26)17-19(27)16-14(25(28)29)8-7-12(22)18(16)24-20(17)23-13-6-4-3-5-11(13)21/h3-8,10H,9H2,1-2H3,(H2,23,24,27). The van der Waals surface area contributed by atoms with Gasteiger partial charge in [0, 0.05) is 12.5 Å². The molecule has 1 heterocycles. The number of carbonyl (C=O) groups is 1. The zero-order chi connectivity index (χ0) is 21.3. The zero-order valence-electron chi connectivity index (χ0n) is 15.6. The Balaban J connectivity index is 2.35. The fourth-order valence-corrected chi connectivity index (χ4v) is 3.41. The van der Waals surface area contributed by atoms with Gasteiger partial charge in [-0.2, -0.15) is 0 Å². The van der Waals surface area contributed by atoms with Gasteiger partial charge in [-0.3, -0.25) is 19.7 Å². The Morgan fingerprint density at radius 3 is 2.48 bits per heavy atom. The summed E-state index contributed by atoms with van der Waals surface area (Å²) in [6.45, 7) is 3.68. The number of nitrogens with zero attached hydrogens (tertiary/aromatic N) is 1. The molecule has 0 saturated carbocycles. The lowest BCUT2D eigenvalue weighted by Gasteiger charge is -2.15. The van der Waals surface area contributed by atoms with E-state index in [1.165, 1.54) is 6.07 Å². The van der Waals surface area contributed by atoms with E-state index < -0.39 is 21.8 Å². The molecule has 9 heteroatoms. The minimum atomic E-state index is -0.756. The first-order chi connectivity index (χ1) is 13.7. The van der Waals surface area contributed by atoms with Crippen molar-refractivity contribution in [2.45, 2.75) is 20.3 Å². The van der Waals surface area contributed by atoms with Crippen LogP contribution in [0.4, 0.5) is 17.2 Å². The van der Waals surface area contributed by atoms with Gasteiger partial charge < -0.3 is 10.3 Å². The number of nitrogens with one attached hydrogen (secondary N) is 2. The molecule has 0 amide bonds. The van der Waals surface area contributed by atoms with Crippen LogP contribution in [-0.4, -0.2) is 15.7 Å². The number of pyridine rings is 1. The van der Waals surface area contributed by atoms with E-state index in [0.29, 0.717) is 10.7 Å². The number of non-ortho nitro benzene ring substituents is 1. The summed E-state index contributed by atoms with van der Waals surface area (Å²) < 4.78 is 0. The maximum atomic E-state index is 13.2. The van der Waals surface area contributed by atoms with Gasteiger partial charge in [0.2, 0.25) is 5.43 Å². The molecule has 3 aromatic rings. The number of anilines is 2. The van der Waals surface area contributed by atoms with Gasteiger partial charge in [0.25, 0.3) is 5.69 Å². The smallest absolute Gasteiger partial charge is 0.282 e. The summed E-state index contributed by atoms with van der Waals surface area (Å²) in [5.74, 6) is -0.365. The van der Waals surface area contributed by atoms with Gasteiger partial charge >= 0.3 is 0 Å². The van der Waals surface area contributed by atoms with Crippen molar-refractivity contribution >= 4 is 57.1 Å². The number of halogens is 2. The number of Topliss-reactive ketones (excluding diaryl/α,β-unsaturated/α-hetero) is 1. The van der Waals surface area contributed by atoms with Crippen LogP contribution < -0.4 is 10.7 Å². The first-order valence-electron chi connectivity index (χ1n) is 8.78. The van der Waals surface area contributed by atoms with Gasteiger partial charge in [-0.1, -0.05) is 49.2 Å². The van der Waals surface area contributed by atoms with Crippen LogP contribution in [-0.2, 0) is 0 Å². The van der Waals surface area contributed by atoms with Crippen molar-refractivity contribution < 1.29 is 9.72 Å². The molecule has 2 aromatic carbocycles. The number of H-pyrrole nitrogens is 1. The first kappa shape index (κ1) is 20.8. The lowest BCUT2D eigenvalue weighted by atomic mass is 9.99. The van der Waals surface area contributed by atoms with E-state index in [9.17, 15) is 19.7 Å². The van der Waals surface area contributed by atoms with E-state index >= 15 is 0 Å². The van der Waals surface area contributed by atoms with Crippen LogP contribution in [0.25, 0.3) is 10.9 Å². The Morgan fingerprint density at radius 1 is 1.17 bits per heavy atom. The first-order valence-corrected chi connectivity index (χ1v) is 9.54. The topological polar surface area (TPSA) is 105 Å². The molecular weight excluding hydrogens is 417 g/mol. The number of hydrogen-bond acceptors (Lipinski definition) is 5. The number of aromatic nitrogens is 1. The minimum absolute atomic E-state index is 0.0138. The maximum Gasteiger partial charge on any atom is 0.282 e. The van der Waals surface area contributed by atoms with Gasteiger partial charge in [0.1, 0.15) is 16.8 Å². The molecule has 0 fully saturated rings. The third-order valence-corrected chi connectivity index (χ3v) is 4.93. The molecule has 0 radical (unpaired) electrons. The molecule has 0 aliphatic rings. The number of para-hydroxylation sites is 1. The number of benzene rings is 2. The summed E-state index contributed by atoms with van der Waals surface area (Å²) >= 11 is 12.4. The van der Waals surface area contributed by atoms with Crippen molar-refractivity contribution in [3.05, 3.63) is 72.3 Å². The highest BCUT2D eigenvalue weighted by Gasteiger charge is 2.26. The maximum absolute atomic E-state index is 13.2. The predicted octanol–water partition coefficient (Wildman–Crippen LogP) is 5.72. The highest BCUT2D eigenvalue weighted by Crippen LogP contribution is 2.32.